The van der Waals surface area contributed by atoms with Gasteiger partial charge in [0.1, 0.15) is 22.0 Å². The van der Waals surface area contributed by atoms with Crippen LogP contribution < -0.4 is 9.64 Å². The van der Waals surface area contributed by atoms with Gasteiger partial charge in [-0.25, -0.2) is 9.97 Å². The van der Waals surface area contributed by atoms with E-state index >= 15 is 0 Å². The van der Waals surface area contributed by atoms with Crippen molar-refractivity contribution in [2.45, 2.75) is 19.9 Å². The lowest BCUT2D eigenvalue weighted by atomic mass is 10.2. The maximum absolute atomic E-state index is 5.25. The van der Waals surface area contributed by atoms with Crippen LogP contribution in [0.25, 0.3) is 0 Å². The minimum absolute atomic E-state index is 0.768. The number of rotatable bonds is 5. The fourth-order valence-electron chi connectivity index (χ4n) is 1.93. The summed E-state index contributed by atoms with van der Waals surface area (Å²) in [6.07, 6.45) is 0.819. The molecule has 0 saturated carbocycles. The quantitative estimate of drug-likeness (QED) is 0.784. The topological polar surface area (TPSA) is 38.2 Å². The van der Waals surface area contributed by atoms with Crippen molar-refractivity contribution in [3.63, 3.8) is 0 Å². The van der Waals surface area contributed by atoms with Crippen molar-refractivity contribution in [3.8, 4) is 5.75 Å². The Bertz CT molecular complexity index is 589. The number of hydrogen-bond acceptors (Lipinski definition) is 4. The summed E-state index contributed by atoms with van der Waals surface area (Å²) in [5.74, 6) is 2.62. The van der Waals surface area contributed by atoms with Gasteiger partial charge in [0.15, 0.2) is 0 Å². The van der Waals surface area contributed by atoms with Gasteiger partial charge in [0.2, 0.25) is 0 Å². The standard InChI is InChI=1S/C15H18BrN3O/c1-4-14-17-13(16)9-15(18-14)19(2)10-11-6-5-7-12(8-11)20-3/h5-9H,4,10H2,1-3H3. The first-order valence-corrected chi connectivity index (χ1v) is 7.29. The van der Waals surface area contributed by atoms with Gasteiger partial charge in [0, 0.05) is 26.1 Å². The Morgan fingerprint density at radius 1 is 1.25 bits per heavy atom. The number of methoxy groups -OCH3 is 1. The van der Waals surface area contributed by atoms with E-state index in [0.29, 0.717) is 0 Å². The molecule has 0 unspecified atom stereocenters. The van der Waals surface area contributed by atoms with Crippen molar-refractivity contribution >= 4 is 21.7 Å². The number of nitrogens with zero attached hydrogens (tertiary/aromatic N) is 3. The molecule has 2 rings (SSSR count). The largest absolute Gasteiger partial charge is 0.497 e. The Morgan fingerprint density at radius 2 is 2.05 bits per heavy atom. The summed E-state index contributed by atoms with van der Waals surface area (Å²) in [6, 6.07) is 9.98. The summed E-state index contributed by atoms with van der Waals surface area (Å²) >= 11 is 3.43. The number of anilines is 1. The zero-order valence-electron chi connectivity index (χ0n) is 11.9. The number of benzene rings is 1. The fourth-order valence-corrected chi connectivity index (χ4v) is 2.34. The molecule has 5 heteroatoms. The van der Waals surface area contributed by atoms with Crippen LogP contribution in [0.2, 0.25) is 0 Å². The van der Waals surface area contributed by atoms with E-state index in [1.807, 2.05) is 38.2 Å². The summed E-state index contributed by atoms with van der Waals surface area (Å²) < 4.78 is 6.06. The van der Waals surface area contributed by atoms with Crippen molar-refractivity contribution in [1.82, 2.24) is 9.97 Å². The van der Waals surface area contributed by atoms with E-state index in [1.54, 1.807) is 7.11 Å². The van der Waals surface area contributed by atoms with Gasteiger partial charge < -0.3 is 9.64 Å². The number of aryl methyl sites for hydroxylation is 1. The van der Waals surface area contributed by atoms with Gasteiger partial charge in [-0.05, 0) is 33.6 Å². The Morgan fingerprint density at radius 3 is 2.75 bits per heavy atom. The molecule has 20 heavy (non-hydrogen) atoms. The van der Waals surface area contributed by atoms with Crippen LogP contribution in [0.1, 0.15) is 18.3 Å². The minimum Gasteiger partial charge on any atom is -0.497 e. The predicted molar refractivity (Wildman–Crippen MR) is 84.2 cm³/mol. The van der Waals surface area contributed by atoms with E-state index in [0.717, 1.165) is 35.0 Å². The van der Waals surface area contributed by atoms with Crippen molar-refractivity contribution in [1.29, 1.82) is 0 Å². The molecule has 0 amide bonds. The van der Waals surface area contributed by atoms with Crippen LogP contribution in [0, 0.1) is 0 Å². The van der Waals surface area contributed by atoms with Crippen LogP contribution >= 0.6 is 15.9 Å². The van der Waals surface area contributed by atoms with Gasteiger partial charge >= 0.3 is 0 Å². The lowest BCUT2D eigenvalue weighted by Crippen LogP contribution is -2.18. The van der Waals surface area contributed by atoms with E-state index in [4.69, 9.17) is 4.74 Å². The lowest BCUT2D eigenvalue weighted by Gasteiger charge is -2.19. The molecular formula is C15H18BrN3O. The third-order valence-corrected chi connectivity index (χ3v) is 3.40. The summed E-state index contributed by atoms with van der Waals surface area (Å²) in [7, 11) is 3.70. The monoisotopic (exact) mass is 335 g/mol. The van der Waals surface area contributed by atoms with E-state index in [9.17, 15) is 0 Å². The molecule has 0 spiro atoms. The molecule has 1 heterocycles. The third kappa shape index (κ3) is 3.70. The summed E-state index contributed by atoms with van der Waals surface area (Å²) in [5.41, 5.74) is 1.18. The minimum atomic E-state index is 0.768. The molecule has 0 saturated heterocycles. The molecule has 0 N–H and O–H groups in total. The van der Waals surface area contributed by atoms with Gasteiger partial charge in [-0.2, -0.15) is 0 Å². The summed E-state index contributed by atoms with van der Waals surface area (Å²) in [4.78, 5) is 11.0. The van der Waals surface area contributed by atoms with Gasteiger partial charge in [0.25, 0.3) is 0 Å². The molecule has 1 aromatic heterocycles. The summed E-state index contributed by atoms with van der Waals surface area (Å²) in [6.45, 7) is 2.82. The van der Waals surface area contributed by atoms with Gasteiger partial charge in [-0.1, -0.05) is 19.1 Å². The van der Waals surface area contributed by atoms with Crippen LogP contribution in [-0.4, -0.2) is 24.1 Å². The molecule has 2 aromatic rings. The highest BCUT2D eigenvalue weighted by atomic mass is 79.9. The van der Waals surface area contributed by atoms with Crippen LogP contribution in [-0.2, 0) is 13.0 Å². The van der Waals surface area contributed by atoms with Crippen molar-refractivity contribution in [2.24, 2.45) is 0 Å². The molecular weight excluding hydrogens is 318 g/mol. The average molecular weight is 336 g/mol. The molecule has 0 fully saturated rings. The van der Waals surface area contributed by atoms with Gasteiger partial charge in [0.05, 0.1) is 7.11 Å². The van der Waals surface area contributed by atoms with Crippen LogP contribution in [0.15, 0.2) is 34.9 Å². The first-order chi connectivity index (χ1) is 9.62. The Labute approximate surface area is 127 Å². The number of ether oxygens (including phenoxy) is 1. The maximum Gasteiger partial charge on any atom is 0.133 e. The number of aromatic nitrogens is 2. The molecule has 0 bridgehead atoms. The Hall–Kier alpha value is -1.62. The zero-order valence-corrected chi connectivity index (χ0v) is 13.5. The SMILES string of the molecule is CCc1nc(Br)cc(N(C)Cc2cccc(OC)c2)n1. The molecule has 0 aliphatic heterocycles. The highest BCUT2D eigenvalue weighted by molar-refractivity contribution is 9.10. The molecule has 0 aliphatic rings. The number of halogens is 1. The second-order valence-electron chi connectivity index (χ2n) is 4.53. The molecule has 106 valence electrons. The molecule has 0 atom stereocenters. The van der Waals surface area contributed by atoms with E-state index < -0.39 is 0 Å². The van der Waals surface area contributed by atoms with Crippen molar-refractivity contribution in [3.05, 3.63) is 46.3 Å². The normalized spacial score (nSPS) is 10.4. The zero-order chi connectivity index (χ0) is 14.5. The lowest BCUT2D eigenvalue weighted by molar-refractivity contribution is 0.414. The second kappa shape index (κ2) is 6.70. The molecule has 0 aliphatic carbocycles. The van der Waals surface area contributed by atoms with Crippen molar-refractivity contribution < 1.29 is 4.74 Å². The summed E-state index contributed by atoms with van der Waals surface area (Å²) in [5, 5.41) is 0. The molecule has 0 radical (unpaired) electrons. The number of hydrogen-bond donors (Lipinski definition) is 0. The maximum atomic E-state index is 5.25. The third-order valence-electron chi connectivity index (χ3n) is 2.99. The second-order valence-corrected chi connectivity index (χ2v) is 5.34. The smallest absolute Gasteiger partial charge is 0.133 e. The van der Waals surface area contributed by atoms with Gasteiger partial charge in [-0.3, -0.25) is 0 Å². The Balaban J connectivity index is 2.18. The van der Waals surface area contributed by atoms with Gasteiger partial charge in [-0.15, -0.1) is 0 Å². The predicted octanol–water partition coefficient (Wildman–Crippen LogP) is 3.45. The van der Waals surface area contributed by atoms with Crippen LogP contribution in [0.3, 0.4) is 0 Å². The highest BCUT2D eigenvalue weighted by Crippen LogP contribution is 2.19. The molecule has 4 nitrogen and oxygen atoms in total. The van der Waals surface area contributed by atoms with E-state index in [-0.39, 0.29) is 0 Å². The highest BCUT2D eigenvalue weighted by Gasteiger charge is 2.08. The van der Waals surface area contributed by atoms with Crippen molar-refractivity contribution in [2.75, 3.05) is 19.1 Å². The van der Waals surface area contributed by atoms with E-state index in [1.165, 1.54) is 5.56 Å². The first-order valence-electron chi connectivity index (χ1n) is 6.50. The van der Waals surface area contributed by atoms with Crippen LogP contribution in [0.5, 0.6) is 5.75 Å². The van der Waals surface area contributed by atoms with Crippen LogP contribution in [0.4, 0.5) is 5.82 Å². The Kier molecular flexibility index (Phi) is 4.95. The first kappa shape index (κ1) is 14.8. The molecule has 1 aromatic carbocycles. The van der Waals surface area contributed by atoms with E-state index in [2.05, 4.69) is 36.9 Å². The average Bonchev–Trinajstić information content (AvgIpc) is 2.46. The fraction of sp³-hybridized carbons (Fsp3) is 0.333.